The van der Waals surface area contributed by atoms with Crippen LogP contribution in [0.2, 0.25) is 0 Å². The molecule has 7 nitrogen and oxygen atoms in total. The molecule has 0 aliphatic heterocycles. The minimum absolute atomic E-state index is 0.143. The molecule has 37 heavy (non-hydrogen) atoms. The summed E-state index contributed by atoms with van der Waals surface area (Å²) in [7, 11) is 0. The van der Waals surface area contributed by atoms with E-state index in [9.17, 15) is 14.4 Å². The first-order valence-corrected chi connectivity index (χ1v) is 13.2. The highest BCUT2D eigenvalue weighted by Crippen LogP contribution is 2.39. The van der Waals surface area contributed by atoms with E-state index in [1.165, 1.54) is 11.3 Å². The fourth-order valence-electron chi connectivity index (χ4n) is 4.22. The third-order valence-electron chi connectivity index (χ3n) is 5.88. The van der Waals surface area contributed by atoms with E-state index >= 15 is 0 Å². The highest BCUT2D eigenvalue weighted by Gasteiger charge is 2.31. The maximum absolute atomic E-state index is 13.6. The standard InChI is InChI=1S/C29H32N2O5S/c1-29(2,3)36-28(34)30-24(20-14-8-5-9-15-20)25(32)31-26-23(21-16-10-11-17-22(21)37-26)27(33)35-18-19-12-6-4-7-13-19/h4-9,12-15,24H,10-11,16-18H2,1-3H3,(H,30,34)(H,31,32). The molecule has 2 N–H and O–H groups in total. The first-order chi connectivity index (χ1) is 17.7. The van der Waals surface area contributed by atoms with Crippen molar-refractivity contribution in [3.05, 3.63) is 87.8 Å². The molecule has 1 atom stereocenters. The lowest BCUT2D eigenvalue weighted by Gasteiger charge is -2.23. The minimum Gasteiger partial charge on any atom is -0.457 e. The molecule has 2 amide bonds. The smallest absolute Gasteiger partial charge is 0.408 e. The Hall–Kier alpha value is -3.65. The average Bonchev–Trinajstić information content (AvgIpc) is 3.23. The second-order valence-corrected chi connectivity index (χ2v) is 11.1. The van der Waals surface area contributed by atoms with Crippen molar-refractivity contribution in [1.29, 1.82) is 0 Å². The third-order valence-corrected chi connectivity index (χ3v) is 7.09. The predicted octanol–water partition coefficient (Wildman–Crippen LogP) is 6.19. The van der Waals surface area contributed by atoms with Gasteiger partial charge in [-0.3, -0.25) is 4.79 Å². The monoisotopic (exact) mass is 520 g/mol. The summed E-state index contributed by atoms with van der Waals surface area (Å²) in [6, 6.07) is 17.4. The fourth-order valence-corrected chi connectivity index (χ4v) is 5.50. The van der Waals surface area contributed by atoms with Crippen LogP contribution >= 0.6 is 11.3 Å². The van der Waals surface area contributed by atoms with Crippen molar-refractivity contribution < 1.29 is 23.9 Å². The summed E-state index contributed by atoms with van der Waals surface area (Å²) in [6.45, 7) is 5.42. The van der Waals surface area contributed by atoms with Crippen LogP contribution in [-0.4, -0.2) is 23.6 Å². The Labute approximate surface area is 221 Å². The van der Waals surface area contributed by atoms with Gasteiger partial charge in [-0.05, 0) is 63.1 Å². The zero-order chi connectivity index (χ0) is 26.4. The largest absolute Gasteiger partial charge is 0.457 e. The van der Waals surface area contributed by atoms with Crippen molar-refractivity contribution in [3.63, 3.8) is 0 Å². The minimum atomic E-state index is -1.01. The van der Waals surface area contributed by atoms with Gasteiger partial charge in [0.25, 0.3) is 5.91 Å². The van der Waals surface area contributed by atoms with Crippen LogP contribution in [0, 0.1) is 0 Å². The Morgan fingerprint density at radius 2 is 1.59 bits per heavy atom. The number of rotatable bonds is 7. The second kappa shape index (κ2) is 11.6. The van der Waals surface area contributed by atoms with Gasteiger partial charge in [0.1, 0.15) is 23.3 Å². The lowest BCUT2D eigenvalue weighted by atomic mass is 9.95. The highest BCUT2D eigenvalue weighted by atomic mass is 32.1. The van der Waals surface area contributed by atoms with E-state index in [0.29, 0.717) is 16.1 Å². The molecule has 0 radical (unpaired) electrons. The molecule has 1 aliphatic carbocycles. The van der Waals surface area contributed by atoms with Gasteiger partial charge >= 0.3 is 12.1 Å². The Bertz CT molecular complexity index is 1250. The number of carbonyl (C=O) groups excluding carboxylic acids is 3. The summed E-state index contributed by atoms with van der Waals surface area (Å²) in [5.74, 6) is -0.928. The van der Waals surface area contributed by atoms with E-state index in [0.717, 1.165) is 41.7 Å². The van der Waals surface area contributed by atoms with Gasteiger partial charge in [0.15, 0.2) is 0 Å². The lowest BCUT2D eigenvalue weighted by Crippen LogP contribution is -2.40. The Kier molecular flexibility index (Phi) is 8.28. The summed E-state index contributed by atoms with van der Waals surface area (Å²) >= 11 is 1.41. The average molecular weight is 521 g/mol. The Morgan fingerprint density at radius 1 is 0.946 bits per heavy atom. The Balaban J connectivity index is 1.59. The maximum atomic E-state index is 13.6. The zero-order valence-electron chi connectivity index (χ0n) is 21.3. The summed E-state index contributed by atoms with van der Waals surface area (Å²) < 4.78 is 11.0. The van der Waals surface area contributed by atoms with Gasteiger partial charge in [-0.1, -0.05) is 60.7 Å². The second-order valence-electron chi connectivity index (χ2n) is 9.96. The third kappa shape index (κ3) is 6.98. The van der Waals surface area contributed by atoms with Crippen LogP contribution in [0.5, 0.6) is 0 Å². The number of nitrogens with one attached hydrogen (secondary N) is 2. The molecule has 0 saturated carbocycles. The number of thiophene rings is 1. The summed E-state index contributed by atoms with van der Waals surface area (Å²) in [5, 5.41) is 6.05. The number of alkyl carbamates (subject to hydrolysis) is 1. The number of amides is 2. The fraction of sp³-hybridized carbons (Fsp3) is 0.345. The van der Waals surface area contributed by atoms with Crippen LogP contribution in [0.4, 0.5) is 9.80 Å². The zero-order valence-corrected chi connectivity index (χ0v) is 22.2. The van der Waals surface area contributed by atoms with Crippen LogP contribution in [0.3, 0.4) is 0 Å². The molecule has 2 aromatic carbocycles. The normalized spacial score (nSPS) is 13.7. The van der Waals surface area contributed by atoms with Crippen molar-refractivity contribution in [2.75, 3.05) is 5.32 Å². The van der Waals surface area contributed by atoms with Gasteiger partial charge in [-0.15, -0.1) is 11.3 Å². The molecule has 0 fully saturated rings. The molecule has 1 aromatic heterocycles. The number of aryl methyl sites for hydroxylation is 1. The first kappa shape index (κ1) is 26.4. The van der Waals surface area contributed by atoms with E-state index in [2.05, 4.69) is 10.6 Å². The molecule has 1 aliphatic rings. The molecule has 1 unspecified atom stereocenters. The van der Waals surface area contributed by atoms with E-state index in [1.54, 1.807) is 45.0 Å². The number of hydrogen-bond acceptors (Lipinski definition) is 6. The number of esters is 1. The Morgan fingerprint density at radius 3 is 2.27 bits per heavy atom. The lowest BCUT2D eigenvalue weighted by molar-refractivity contribution is -0.118. The van der Waals surface area contributed by atoms with Gasteiger partial charge < -0.3 is 20.1 Å². The first-order valence-electron chi connectivity index (χ1n) is 12.4. The van der Waals surface area contributed by atoms with E-state index in [4.69, 9.17) is 9.47 Å². The van der Waals surface area contributed by atoms with Crippen molar-refractivity contribution >= 4 is 34.3 Å². The molecule has 4 rings (SSSR count). The van der Waals surface area contributed by atoms with Crippen LogP contribution in [0.15, 0.2) is 60.7 Å². The van der Waals surface area contributed by atoms with E-state index in [1.807, 2.05) is 36.4 Å². The summed E-state index contributed by atoms with van der Waals surface area (Å²) in [6.07, 6.45) is 2.92. The van der Waals surface area contributed by atoms with E-state index < -0.39 is 29.6 Å². The molecule has 0 bridgehead atoms. The van der Waals surface area contributed by atoms with Gasteiger partial charge in [-0.25, -0.2) is 9.59 Å². The number of ether oxygens (including phenoxy) is 2. The molecule has 0 spiro atoms. The number of carbonyl (C=O) groups is 3. The van der Waals surface area contributed by atoms with Gasteiger partial charge in [-0.2, -0.15) is 0 Å². The van der Waals surface area contributed by atoms with Crippen molar-refractivity contribution in [2.45, 2.75) is 64.7 Å². The topological polar surface area (TPSA) is 93.7 Å². The molecule has 1 heterocycles. The summed E-state index contributed by atoms with van der Waals surface area (Å²) in [5.41, 5.74) is 2.12. The molecular formula is C29H32N2O5S. The molecular weight excluding hydrogens is 488 g/mol. The van der Waals surface area contributed by atoms with Crippen LogP contribution in [0.1, 0.15) is 71.6 Å². The van der Waals surface area contributed by atoms with E-state index in [-0.39, 0.29) is 6.61 Å². The predicted molar refractivity (Wildman–Crippen MR) is 144 cm³/mol. The SMILES string of the molecule is CC(C)(C)OC(=O)NC(C(=O)Nc1sc2c(c1C(=O)OCc1ccccc1)CCCC2)c1ccccc1. The van der Waals surface area contributed by atoms with Gasteiger partial charge in [0, 0.05) is 4.88 Å². The number of anilines is 1. The molecule has 8 heteroatoms. The number of benzene rings is 2. The van der Waals surface area contributed by atoms with Crippen molar-refractivity contribution in [1.82, 2.24) is 5.32 Å². The molecule has 0 saturated heterocycles. The number of fused-ring (bicyclic) bond motifs is 1. The van der Waals surface area contributed by atoms with Crippen molar-refractivity contribution in [3.8, 4) is 0 Å². The summed E-state index contributed by atoms with van der Waals surface area (Å²) in [4.78, 5) is 40.5. The molecule has 194 valence electrons. The van der Waals surface area contributed by atoms with Gasteiger partial charge in [0.2, 0.25) is 0 Å². The molecule has 3 aromatic rings. The van der Waals surface area contributed by atoms with Crippen LogP contribution in [-0.2, 0) is 33.7 Å². The number of hydrogen-bond donors (Lipinski definition) is 2. The highest BCUT2D eigenvalue weighted by molar-refractivity contribution is 7.17. The van der Waals surface area contributed by atoms with Crippen LogP contribution < -0.4 is 10.6 Å². The maximum Gasteiger partial charge on any atom is 0.408 e. The van der Waals surface area contributed by atoms with Gasteiger partial charge in [0.05, 0.1) is 5.56 Å². The van der Waals surface area contributed by atoms with Crippen LogP contribution in [0.25, 0.3) is 0 Å². The quantitative estimate of drug-likeness (QED) is 0.363. The van der Waals surface area contributed by atoms with Crippen molar-refractivity contribution in [2.24, 2.45) is 0 Å².